The molecule has 0 fully saturated rings. The molecule has 0 saturated carbocycles. The molecule has 8 nitrogen and oxygen atoms in total. The molecule has 0 amide bonds. The molecule has 1 heterocycles. The van der Waals surface area contributed by atoms with Gasteiger partial charge in [0.25, 0.3) is 0 Å². The average molecular weight is 611 g/mol. The number of hydrogen-bond acceptors (Lipinski definition) is 7. The van der Waals surface area contributed by atoms with Gasteiger partial charge in [0.15, 0.2) is 0 Å². The summed E-state index contributed by atoms with van der Waals surface area (Å²) in [6.07, 6.45) is -4.26. The molecule has 0 radical (unpaired) electrons. The Labute approximate surface area is 252 Å². The number of benzene rings is 3. The summed E-state index contributed by atoms with van der Waals surface area (Å²) >= 11 is 0. The molecule has 0 saturated heterocycles. The summed E-state index contributed by atoms with van der Waals surface area (Å²) in [7, 11) is 0. The Morgan fingerprint density at radius 1 is 0.955 bits per heavy atom. The van der Waals surface area contributed by atoms with Crippen LogP contribution in [0.3, 0.4) is 0 Å². The van der Waals surface area contributed by atoms with E-state index in [-0.39, 0.29) is 25.6 Å². The Hall–Kier alpha value is -4.64. The lowest BCUT2D eigenvalue weighted by atomic mass is 9.97. The van der Waals surface area contributed by atoms with Crippen molar-refractivity contribution in [2.24, 2.45) is 5.73 Å². The van der Waals surface area contributed by atoms with Crippen LogP contribution in [0.5, 0.6) is 5.75 Å². The molecule has 1 aromatic heterocycles. The number of esters is 1. The maximum absolute atomic E-state index is 12.9. The highest BCUT2D eigenvalue weighted by Gasteiger charge is 2.30. The topological polar surface area (TPSA) is 125 Å². The highest BCUT2D eigenvalue weighted by atomic mass is 19.4. The standard InChI is InChI=1S/C33H33F3N2O6/c1-19(2)43-32(41)30(37)27-18-26(14-10-23(27)11-15-29(39)40)42-17-16-28-20(3)44-31(38-28)24-6-4-21(5-7-24)22-8-12-25(13-9-22)33(34,35)36/h4-10,12-14,18-19,30H,11,15-17,37H2,1-3H3,(H,39,40). The van der Waals surface area contributed by atoms with Gasteiger partial charge in [-0.1, -0.05) is 30.3 Å². The Bertz CT molecular complexity index is 1600. The molecule has 44 heavy (non-hydrogen) atoms. The van der Waals surface area contributed by atoms with E-state index in [4.69, 9.17) is 24.7 Å². The zero-order valence-corrected chi connectivity index (χ0v) is 24.5. The van der Waals surface area contributed by atoms with Gasteiger partial charge in [-0.3, -0.25) is 4.79 Å². The molecule has 0 aliphatic carbocycles. The smallest absolute Gasteiger partial charge is 0.416 e. The summed E-state index contributed by atoms with van der Waals surface area (Å²) < 4.78 is 55.6. The third kappa shape index (κ3) is 8.25. The second kappa shape index (κ2) is 13.8. The van der Waals surface area contributed by atoms with E-state index in [2.05, 4.69) is 4.98 Å². The van der Waals surface area contributed by atoms with E-state index >= 15 is 0 Å². The van der Waals surface area contributed by atoms with Crippen LogP contribution in [-0.4, -0.2) is 34.7 Å². The fraction of sp³-hybridized carbons (Fsp3) is 0.303. The van der Waals surface area contributed by atoms with Gasteiger partial charge >= 0.3 is 18.1 Å². The second-order valence-electron chi connectivity index (χ2n) is 10.5. The molecule has 3 N–H and O–H groups in total. The molecule has 0 spiro atoms. The van der Waals surface area contributed by atoms with Gasteiger partial charge in [0.2, 0.25) is 5.89 Å². The van der Waals surface area contributed by atoms with E-state index in [1.807, 2.05) is 0 Å². The molecule has 1 unspecified atom stereocenters. The van der Waals surface area contributed by atoms with Crippen LogP contribution in [0.2, 0.25) is 0 Å². The third-order valence-electron chi connectivity index (χ3n) is 6.84. The van der Waals surface area contributed by atoms with Crippen molar-refractivity contribution in [3.05, 3.63) is 94.9 Å². The van der Waals surface area contributed by atoms with E-state index in [1.165, 1.54) is 12.1 Å². The largest absolute Gasteiger partial charge is 0.493 e. The number of aromatic nitrogens is 1. The molecule has 11 heteroatoms. The molecular formula is C33H33F3N2O6. The number of halogens is 3. The number of oxazole rings is 1. The van der Waals surface area contributed by atoms with Crippen LogP contribution in [0.15, 0.2) is 71.1 Å². The van der Waals surface area contributed by atoms with Gasteiger partial charge in [-0.25, -0.2) is 9.78 Å². The average Bonchev–Trinajstić information content (AvgIpc) is 3.35. The predicted molar refractivity (Wildman–Crippen MR) is 157 cm³/mol. The minimum Gasteiger partial charge on any atom is -0.493 e. The van der Waals surface area contributed by atoms with Crippen LogP contribution >= 0.6 is 0 Å². The van der Waals surface area contributed by atoms with Crippen molar-refractivity contribution in [1.29, 1.82) is 0 Å². The predicted octanol–water partition coefficient (Wildman–Crippen LogP) is 6.93. The lowest BCUT2D eigenvalue weighted by Gasteiger charge is -2.18. The molecule has 0 aliphatic rings. The Kier molecular flexibility index (Phi) is 10.1. The number of aryl methyl sites for hydroxylation is 2. The first-order valence-corrected chi connectivity index (χ1v) is 14.0. The van der Waals surface area contributed by atoms with Crippen LogP contribution in [0.1, 0.15) is 54.5 Å². The molecule has 0 bridgehead atoms. The number of alkyl halides is 3. The number of carboxylic acids is 1. The molecule has 1 atom stereocenters. The van der Waals surface area contributed by atoms with E-state index in [1.54, 1.807) is 63.2 Å². The van der Waals surface area contributed by atoms with Crippen molar-refractivity contribution in [1.82, 2.24) is 4.98 Å². The second-order valence-corrected chi connectivity index (χ2v) is 10.5. The molecule has 4 aromatic rings. The maximum atomic E-state index is 12.9. The van der Waals surface area contributed by atoms with Crippen LogP contribution in [0.25, 0.3) is 22.6 Å². The minimum atomic E-state index is -4.39. The van der Waals surface area contributed by atoms with Gasteiger partial charge < -0.3 is 24.7 Å². The van der Waals surface area contributed by atoms with Gasteiger partial charge in [-0.05, 0) is 85.8 Å². The zero-order chi connectivity index (χ0) is 32.0. The van der Waals surface area contributed by atoms with Crippen molar-refractivity contribution < 1.29 is 41.8 Å². The lowest BCUT2D eigenvalue weighted by Crippen LogP contribution is -2.27. The summed E-state index contributed by atoms with van der Waals surface area (Å²) in [6, 6.07) is 16.1. The summed E-state index contributed by atoms with van der Waals surface area (Å²) in [5.74, 6) is -0.124. The van der Waals surface area contributed by atoms with E-state index < -0.39 is 29.7 Å². The number of nitrogens with zero attached hydrogens (tertiary/aromatic N) is 1. The van der Waals surface area contributed by atoms with E-state index in [9.17, 15) is 22.8 Å². The normalized spacial score (nSPS) is 12.3. The Morgan fingerprint density at radius 3 is 2.16 bits per heavy atom. The molecule has 0 aliphatic heterocycles. The van der Waals surface area contributed by atoms with Crippen LogP contribution in [0, 0.1) is 6.92 Å². The highest BCUT2D eigenvalue weighted by molar-refractivity contribution is 5.78. The van der Waals surface area contributed by atoms with Gasteiger partial charge in [0.1, 0.15) is 17.6 Å². The van der Waals surface area contributed by atoms with Gasteiger partial charge in [0, 0.05) is 18.4 Å². The SMILES string of the molecule is Cc1oc(-c2ccc(-c3ccc(C(F)(F)F)cc3)cc2)nc1CCOc1ccc(CCC(=O)O)c(C(N)C(=O)OC(C)C)c1. The summed E-state index contributed by atoms with van der Waals surface area (Å²) in [5, 5.41) is 9.11. The van der Waals surface area contributed by atoms with Crippen molar-refractivity contribution in [2.75, 3.05) is 6.61 Å². The number of ether oxygens (including phenoxy) is 2. The first kappa shape index (κ1) is 32.3. The maximum Gasteiger partial charge on any atom is 0.416 e. The van der Waals surface area contributed by atoms with Crippen molar-refractivity contribution in [2.45, 2.75) is 58.4 Å². The number of carbonyl (C=O) groups excluding carboxylic acids is 1. The van der Waals surface area contributed by atoms with Gasteiger partial charge in [-0.2, -0.15) is 13.2 Å². The van der Waals surface area contributed by atoms with E-state index in [0.717, 1.165) is 17.7 Å². The first-order valence-electron chi connectivity index (χ1n) is 14.0. The van der Waals surface area contributed by atoms with Gasteiger partial charge in [0.05, 0.1) is 24.0 Å². The Balaban J connectivity index is 1.42. The number of aliphatic carboxylic acids is 1. The molecular weight excluding hydrogens is 577 g/mol. The quantitative estimate of drug-likeness (QED) is 0.166. The summed E-state index contributed by atoms with van der Waals surface area (Å²) in [5.41, 5.74) is 9.34. The van der Waals surface area contributed by atoms with Crippen molar-refractivity contribution in [3.8, 4) is 28.3 Å². The molecule has 232 valence electrons. The number of hydrogen-bond donors (Lipinski definition) is 2. The lowest BCUT2D eigenvalue weighted by molar-refractivity contribution is -0.149. The summed E-state index contributed by atoms with van der Waals surface area (Å²) in [4.78, 5) is 28.2. The number of rotatable bonds is 12. The third-order valence-corrected chi connectivity index (χ3v) is 6.84. The van der Waals surface area contributed by atoms with Crippen molar-refractivity contribution >= 4 is 11.9 Å². The summed E-state index contributed by atoms with van der Waals surface area (Å²) in [6.45, 7) is 5.45. The molecule has 4 rings (SSSR count). The fourth-order valence-electron chi connectivity index (χ4n) is 4.56. The fourth-order valence-corrected chi connectivity index (χ4v) is 4.56. The first-order chi connectivity index (χ1) is 20.8. The molecule has 3 aromatic carbocycles. The monoisotopic (exact) mass is 610 g/mol. The highest BCUT2D eigenvalue weighted by Crippen LogP contribution is 2.32. The van der Waals surface area contributed by atoms with Crippen molar-refractivity contribution in [3.63, 3.8) is 0 Å². The van der Waals surface area contributed by atoms with Gasteiger partial charge in [-0.15, -0.1) is 0 Å². The Morgan fingerprint density at radius 2 is 1.57 bits per heavy atom. The van der Waals surface area contributed by atoms with Crippen LogP contribution in [-0.2, 0) is 33.3 Å². The number of nitrogens with two attached hydrogens (primary N) is 1. The number of carbonyl (C=O) groups is 2. The van der Waals surface area contributed by atoms with Crippen LogP contribution < -0.4 is 10.5 Å². The van der Waals surface area contributed by atoms with Crippen LogP contribution in [0.4, 0.5) is 13.2 Å². The number of carboxylic acid groups (broad SMARTS) is 1. The zero-order valence-electron chi connectivity index (χ0n) is 24.5. The minimum absolute atomic E-state index is 0.120. The van der Waals surface area contributed by atoms with E-state index in [0.29, 0.717) is 51.8 Å².